The van der Waals surface area contributed by atoms with Crippen LogP contribution in [0.2, 0.25) is 0 Å². The largest absolute Gasteiger partial charge is 0.456 e. The zero-order valence-corrected chi connectivity index (χ0v) is 6.79. The van der Waals surface area contributed by atoms with Gasteiger partial charge in [0.1, 0.15) is 12.2 Å². The quantitative estimate of drug-likeness (QED) is 0.346. The van der Waals surface area contributed by atoms with Gasteiger partial charge in [-0.1, -0.05) is 6.58 Å². The van der Waals surface area contributed by atoms with Gasteiger partial charge in [0, 0.05) is 5.57 Å². The Balaban J connectivity index is 2.28. The maximum atomic E-state index is 10.9. The van der Waals surface area contributed by atoms with Gasteiger partial charge in [-0.15, -0.1) is 0 Å². The minimum Gasteiger partial charge on any atom is -0.456 e. The zero-order valence-electron chi connectivity index (χ0n) is 6.79. The van der Waals surface area contributed by atoms with Crippen LogP contribution >= 0.6 is 0 Å². The third-order valence-corrected chi connectivity index (χ3v) is 1.52. The standard InChI is InChI=1S/C8H12O3/c1-5(2)8(9)11-6(3)7-4-10-7/h6-7H,1,4H2,2-3H3/t6?,7-/m0/s1. The molecule has 1 unspecified atom stereocenters. The number of esters is 1. The monoisotopic (exact) mass is 156 g/mol. The summed E-state index contributed by atoms with van der Waals surface area (Å²) in [5.74, 6) is -0.340. The van der Waals surface area contributed by atoms with E-state index in [1.54, 1.807) is 6.92 Å². The fraction of sp³-hybridized carbons (Fsp3) is 0.625. The van der Waals surface area contributed by atoms with Crippen LogP contribution in [0.4, 0.5) is 0 Å². The molecule has 3 nitrogen and oxygen atoms in total. The lowest BCUT2D eigenvalue weighted by Crippen LogP contribution is -2.20. The summed E-state index contributed by atoms with van der Waals surface area (Å²) in [6.07, 6.45) is -0.0301. The molecule has 0 spiro atoms. The highest BCUT2D eigenvalue weighted by molar-refractivity contribution is 5.87. The SMILES string of the molecule is C=C(C)C(=O)OC(C)[C@@H]1CO1. The van der Waals surface area contributed by atoms with Gasteiger partial charge in [0.15, 0.2) is 0 Å². The van der Waals surface area contributed by atoms with Crippen molar-refractivity contribution in [2.24, 2.45) is 0 Å². The average Bonchev–Trinajstić information content (AvgIpc) is 2.67. The molecule has 0 saturated carbocycles. The fourth-order valence-electron chi connectivity index (χ4n) is 0.672. The van der Waals surface area contributed by atoms with Crippen LogP contribution in [-0.2, 0) is 14.3 Å². The number of hydrogen-bond donors (Lipinski definition) is 0. The second-order valence-electron chi connectivity index (χ2n) is 2.76. The summed E-state index contributed by atoms with van der Waals surface area (Å²) in [5, 5.41) is 0. The van der Waals surface area contributed by atoms with Crippen LogP contribution in [0.15, 0.2) is 12.2 Å². The van der Waals surface area contributed by atoms with E-state index in [9.17, 15) is 4.79 Å². The Morgan fingerprint density at radius 3 is 2.73 bits per heavy atom. The van der Waals surface area contributed by atoms with Gasteiger partial charge in [-0.25, -0.2) is 4.79 Å². The highest BCUT2D eigenvalue weighted by Crippen LogP contribution is 2.17. The van der Waals surface area contributed by atoms with E-state index in [0.29, 0.717) is 12.2 Å². The van der Waals surface area contributed by atoms with Crippen molar-refractivity contribution in [3.05, 3.63) is 12.2 Å². The van der Waals surface area contributed by atoms with Gasteiger partial charge >= 0.3 is 5.97 Å². The molecular weight excluding hydrogens is 144 g/mol. The van der Waals surface area contributed by atoms with Gasteiger partial charge < -0.3 is 9.47 Å². The molecule has 1 rings (SSSR count). The van der Waals surface area contributed by atoms with Crippen molar-refractivity contribution in [1.82, 2.24) is 0 Å². The van der Waals surface area contributed by atoms with Crippen LogP contribution in [0.3, 0.4) is 0 Å². The molecule has 11 heavy (non-hydrogen) atoms. The van der Waals surface area contributed by atoms with Gasteiger partial charge in [0.05, 0.1) is 6.61 Å². The molecule has 0 aliphatic carbocycles. The second kappa shape index (κ2) is 3.05. The smallest absolute Gasteiger partial charge is 0.333 e. The molecule has 0 aromatic carbocycles. The van der Waals surface area contributed by atoms with Crippen LogP contribution in [0.5, 0.6) is 0 Å². The van der Waals surface area contributed by atoms with Crippen LogP contribution in [-0.4, -0.2) is 24.8 Å². The number of epoxide rings is 1. The van der Waals surface area contributed by atoms with E-state index >= 15 is 0 Å². The minimum absolute atomic E-state index is 0.110. The molecule has 0 aromatic heterocycles. The normalized spacial score (nSPS) is 24.0. The lowest BCUT2D eigenvalue weighted by Gasteiger charge is -2.09. The van der Waals surface area contributed by atoms with E-state index in [0.717, 1.165) is 0 Å². The summed E-state index contributed by atoms with van der Waals surface area (Å²) in [5.41, 5.74) is 0.428. The predicted molar refractivity (Wildman–Crippen MR) is 40.1 cm³/mol. The van der Waals surface area contributed by atoms with Crippen LogP contribution in [0, 0.1) is 0 Å². The first-order chi connectivity index (χ1) is 5.11. The van der Waals surface area contributed by atoms with E-state index in [2.05, 4.69) is 6.58 Å². The first kappa shape index (κ1) is 8.27. The molecule has 1 heterocycles. The topological polar surface area (TPSA) is 38.8 Å². The lowest BCUT2D eigenvalue weighted by atomic mass is 10.3. The highest BCUT2D eigenvalue weighted by Gasteiger charge is 2.32. The second-order valence-corrected chi connectivity index (χ2v) is 2.76. The van der Waals surface area contributed by atoms with E-state index in [1.807, 2.05) is 6.92 Å². The highest BCUT2D eigenvalue weighted by atomic mass is 16.6. The Morgan fingerprint density at radius 1 is 1.82 bits per heavy atom. The summed E-state index contributed by atoms with van der Waals surface area (Å²) in [6.45, 7) is 7.62. The van der Waals surface area contributed by atoms with Crippen molar-refractivity contribution in [2.75, 3.05) is 6.61 Å². The Morgan fingerprint density at radius 2 is 2.36 bits per heavy atom. The van der Waals surface area contributed by atoms with Gasteiger partial charge in [-0.2, -0.15) is 0 Å². The number of carbonyl (C=O) groups is 1. The summed E-state index contributed by atoms with van der Waals surface area (Å²) in [7, 11) is 0. The molecule has 3 heteroatoms. The van der Waals surface area contributed by atoms with Crippen molar-refractivity contribution in [3.63, 3.8) is 0 Å². The molecule has 1 aliphatic rings. The van der Waals surface area contributed by atoms with Crippen molar-refractivity contribution in [1.29, 1.82) is 0 Å². The molecule has 0 N–H and O–H groups in total. The third-order valence-electron chi connectivity index (χ3n) is 1.52. The molecule has 0 aromatic rings. The van der Waals surface area contributed by atoms with Crippen LogP contribution in [0.25, 0.3) is 0 Å². The first-order valence-electron chi connectivity index (χ1n) is 3.59. The van der Waals surface area contributed by atoms with Crippen molar-refractivity contribution in [2.45, 2.75) is 26.1 Å². The van der Waals surface area contributed by atoms with Gasteiger partial charge in [0.25, 0.3) is 0 Å². The van der Waals surface area contributed by atoms with Gasteiger partial charge in [0.2, 0.25) is 0 Å². The molecule has 0 radical (unpaired) electrons. The Bertz CT molecular complexity index is 182. The Hall–Kier alpha value is -0.830. The molecule has 0 bridgehead atoms. The summed E-state index contributed by atoms with van der Waals surface area (Å²) in [6, 6.07) is 0. The zero-order chi connectivity index (χ0) is 8.43. The lowest BCUT2D eigenvalue weighted by molar-refractivity contribution is -0.144. The molecule has 1 aliphatic heterocycles. The predicted octanol–water partition coefficient (Wildman–Crippen LogP) is 0.893. The average molecular weight is 156 g/mol. The number of carbonyl (C=O) groups excluding carboxylic acids is 1. The molecule has 1 fully saturated rings. The van der Waals surface area contributed by atoms with Crippen molar-refractivity contribution in [3.8, 4) is 0 Å². The number of hydrogen-bond acceptors (Lipinski definition) is 3. The van der Waals surface area contributed by atoms with E-state index in [4.69, 9.17) is 9.47 Å². The first-order valence-corrected chi connectivity index (χ1v) is 3.59. The summed E-state index contributed by atoms with van der Waals surface area (Å²) < 4.78 is 9.92. The molecule has 0 amide bonds. The maximum absolute atomic E-state index is 10.9. The van der Waals surface area contributed by atoms with Gasteiger partial charge in [-0.05, 0) is 13.8 Å². The summed E-state index contributed by atoms with van der Waals surface area (Å²) >= 11 is 0. The van der Waals surface area contributed by atoms with Crippen molar-refractivity contribution >= 4 is 5.97 Å². The number of ether oxygens (including phenoxy) is 2. The third kappa shape index (κ3) is 2.35. The van der Waals surface area contributed by atoms with E-state index in [-0.39, 0.29) is 18.2 Å². The van der Waals surface area contributed by atoms with Crippen LogP contribution in [0.1, 0.15) is 13.8 Å². The van der Waals surface area contributed by atoms with Gasteiger partial charge in [-0.3, -0.25) is 0 Å². The molecule has 2 atom stereocenters. The van der Waals surface area contributed by atoms with E-state index < -0.39 is 0 Å². The molecule has 1 saturated heterocycles. The number of rotatable bonds is 3. The summed E-state index contributed by atoms with van der Waals surface area (Å²) in [4.78, 5) is 10.9. The molecular formula is C8H12O3. The van der Waals surface area contributed by atoms with Crippen LogP contribution < -0.4 is 0 Å². The van der Waals surface area contributed by atoms with Crippen molar-refractivity contribution < 1.29 is 14.3 Å². The van der Waals surface area contributed by atoms with E-state index in [1.165, 1.54) is 0 Å². The Labute approximate surface area is 66.0 Å². The maximum Gasteiger partial charge on any atom is 0.333 e. The Kier molecular flexibility index (Phi) is 2.29. The molecule has 62 valence electrons. The fourth-order valence-corrected chi connectivity index (χ4v) is 0.672. The minimum atomic E-state index is -0.340.